The van der Waals surface area contributed by atoms with E-state index >= 15 is 0 Å². The molecule has 0 radical (unpaired) electrons. The molecule has 128 valence electrons. The summed E-state index contributed by atoms with van der Waals surface area (Å²) in [5.41, 5.74) is 0.607. The number of sulfonamides is 1. The maximum absolute atomic E-state index is 12.3. The first-order chi connectivity index (χ1) is 11.2. The summed E-state index contributed by atoms with van der Waals surface area (Å²) in [6.07, 6.45) is 0.798. The van der Waals surface area contributed by atoms with Gasteiger partial charge >= 0.3 is 0 Å². The van der Waals surface area contributed by atoms with E-state index in [1.807, 2.05) is 26.8 Å². The number of nitrogens with one attached hydrogen (secondary N) is 2. The van der Waals surface area contributed by atoms with Crippen molar-refractivity contribution in [1.82, 2.24) is 5.32 Å². The molecule has 5 nitrogen and oxygen atoms in total. The molecule has 0 spiro atoms. The van der Waals surface area contributed by atoms with Gasteiger partial charge in [0.05, 0.1) is 4.90 Å². The molecular weight excluding hydrogens is 324 g/mol. The third kappa shape index (κ3) is 4.58. The lowest BCUT2D eigenvalue weighted by Gasteiger charge is -2.24. The van der Waals surface area contributed by atoms with Gasteiger partial charge in [-0.05, 0) is 56.7 Å². The van der Waals surface area contributed by atoms with Crippen molar-refractivity contribution in [2.24, 2.45) is 0 Å². The Morgan fingerprint density at radius 3 is 2.12 bits per heavy atom. The van der Waals surface area contributed by atoms with Crippen LogP contribution >= 0.6 is 0 Å². The molecule has 6 heteroatoms. The second-order valence-corrected chi connectivity index (χ2v) is 7.87. The third-order valence-corrected chi connectivity index (χ3v) is 5.19. The molecule has 1 amide bonds. The van der Waals surface area contributed by atoms with Crippen LogP contribution in [0.2, 0.25) is 0 Å². The maximum atomic E-state index is 12.3. The molecule has 2 aromatic rings. The second kappa shape index (κ2) is 7.05. The fraction of sp³-hybridized carbons (Fsp3) is 0.278. The van der Waals surface area contributed by atoms with Crippen molar-refractivity contribution in [3.05, 3.63) is 60.2 Å². The molecule has 0 bridgehead atoms. The monoisotopic (exact) mass is 346 g/mol. The molecule has 24 heavy (non-hydrogen) atoms. The highest BCUT2D eigenvalue weighted by molar-refractivity contribution is 7.92. The van der Waals surface area contributed by atoms with Crippen LogP contribution in [0, 0.1) is 0 Å². The molecule has 0 heterocycles. The number of anilines is 1. The molecule has 0 atom stereocenters. The highest BCUT2D eigenvalue weighted by Crippen LogP contribution is 2.17. The Hall–Kier alpha value is -2.34. The van der Waals surface area contributed by atoms with E-state index in [9.17, 15) is 13.2 Å². The predicted octanol–water partition coefficient (Wildman–Crippen LogP) is 3.41. The van der Waals surface area contributed by atoms with Gasteiger partial charge < -0.3 is 5.32 Å². The van der Waals surface area contributed by atoms with Crippen LogP contribution in [0.3, 0.4) is 0 Å². The van der Waals surface area contributed by atoms with Crippen molar-refractivity contribution in [1.29, 1.82) is 0 Å². The van der Waals surface area contributed by atoms with Crippen molar-refractivity contribution in [3.8, 4) is 0 Å². The van der Waals surface area contributed by atoms with E-state index in [1.54, 1.807) is 24.3 Å². The van der Waals surface area contributed by atoms with E-state index < -0.39 is 10.0 Å². The summed E-state index contributed by atoms with van der Waals surface area (Å²) >= 11 is 0. The number of hydrogen-bond donors (Lipinski definition) is 2. The van der Waals surface area contributed by atoms with Gasteiger partial charge in [0.2, 0.25) is 0 Å². The minimum Gasteiger partial charge on any atom is -0.347 e. The third-order valence-electron chi connectivity index (χ3n) is 3.79. The quantitative estimate of drug-likeness (QED) is 0.842. The number of rotatable bonds is 6. The van der Waals surface area contributed by atoms with Gasteiger partial charge in [-0.1, -0.05) is 25.1 Å². The van der Waals surface area contributed by atoms with Gasteiger partial charge in [-0.2, -0.15) is 0 Å². The molecule has 0 aromatic heterocycles. The van der Waals surface area contributed by atoms with Crippen LogP contribution in [0.1, 0.15) is 37.6 Å². The van der Waals surface area contributed by atoms with Crippen molar-refractivity contribution in [3.63, 3.8) is 0 Å². The van der Waals surface area contributed by atoms with Crippen LogP contribution in [0.5, 0.6) is 0 Å². The van der Waals surface area contributed by atoms with Gasteiger partial charge in [-0.25, -0.2) is 8.42 Å². The van der Waals surface area contributed by atoms with E-state index in [-0.39, 0.29) is 16.3 Å². The van der Waals surface area contributed by atoms with Crippen molar-refractivity contribution in [2.75, 3.05) is 4.72 Å². The van der Waals surface area contributed by atoms with Crippen LogP contribution in [0.4, 0.5) is 5.69 Å². The van der Waals surface area contributed by atoms with E-state index in [0.29, 0.717) is 11.3 Å². The van der Waals surface area contributed by atoms with Crippen molar-refractivity contribution >= 4 is 21.6 Å². The molecule has 2 aromatic carbocycles. The molecule has 0 aliphatic rings. The lowest BCUT2D eigenvalue weighted by atomic mass is 10.0. The summed E-state index contributed by atoms with van der Waals surface area (Å²) in [5.74, 6) is -0.221. The second-order valence-electron chi connectivity index (χ2n) is 6.19. The molecule has 0 aliphatic heterocycles. The number of hydrogen-bond acceptors (Lipinski definition) is 3. The SMILES string of the molecule is CCC(C)(C)NC(=O)c1ccc(S(=O)(=O)Nc2ccccc2)cc1. The topological polar surface area (TPSA) is 75.3 Å². The lowest BCUT2D eigenvalue weighted by Crippen LogP contribution is -2.42. The average Bonchev–Trinajstić information content (AvgIpc) is 2.55. The number of benzene rings is 2. The molecule has 0 saturated heterocycles. The van der Waals surface area contributed by atoms with Gasteiger partial charge in [0.25, 0.3) is 15.9 Å². The first kappa shape index (κ1) is 18.0. The van der Waals surface area contributed by atoms with Gasteiger partial charge in [-0.3, -0.25) is 9.52 Å². The van der Waals surface area contributed by atoms with Gasteiger partial charge in [0.15, 0.2) is 0 Å². The predicted molar refractivity (Wildman–Crippen MR) is 95.5 cm³/mol. The van der Waals surface area contributed by atoms with Crippen LogP contribution in [-0.2, 0) is 10.0 Å². The number of carbonyl (C=O) groups is 1. The minimum atomic E-state index is -3.68. The van der Waals surface area contributed by atoms with E-state index in [2.05, 4.69) is 10.0 Å². The Bertz CT molecular complexity index is 798. The highest BCUT2D eigenvalue weighted by Gasteiger charge is 2.20. The molecule has 2 N–H and O–H groups in total. The van der Waals surface area contributed by atoms with E-state index in [1.165, 1.54) is 24.3 Å². The highest BCUT2D eigenvalue weighted by atomic mass is 32.2. The molecule has 0 saturated carbocycles. The number of amides is 1. The largest absolute Gasteiger partial charge is 0.347 e. The molecule has 0 unspecified atom stereocenters. The van der Waals surface area contributed by atoms with Crippen LogP contribution in [-0.4, -0.2) is 19.9 Å². The summed E-state index contributed by atoms with van der Waals surface area (Å²) in [6.45, 7) is 5.87. The Balaban J connectivity index is 2.15. The fourth-order valence-corrected chi connectivity index (χ4v) is 3.03. The van der Waals surface area contributed by atoms with E-state index in [0.717, 1.165) is 6.42 Å². The standard InChI is InChI=1S/C18H22N2O3S/c1-4-18(2,3)19-17(21)14-10-12-16(13-11-14)24(22,23)20-15-8-6-5-7-9-15/h5-13,20H,4H2,1-3H3,(H,19,21). The first-order valence-corrected chi connectivity index (χ1v) is 9.22. The van der Waals surface area contributed by atoms with Crippen LogP contribution in [0.25, 0.3) is 0 Å². The van der Waals surface area contributed by atoms with Gasteiger partial charge in [0, 0.05) is 16.8 Å². The summed E-state index contributed by atoms with van der Waals surface area (Å²) in [7, 11) is -3.68. The normalized spacial score (nSPS) is 11.8. The summed E-state index contributed by atoms with van der Waals surface area (Å²) < 4.78 is 27.2. The Morgan fingerprint density at radius 1 is 1.00 bits per heavy atom. The van der Waals surface area contributed by atoms with Crippen molar-refractivity contribution < 1.29 is 13.2 Å². The smallest absolute Gasteiger partial charge is 0.261 e. The summed E-state index contributed by atoms with van der Waals surface area (Å²) in [4.78, 5) is 12.3. The zero-order valence-corrected chi connectivity index (χ0v) is 14.9. The Morgan fingerprint density at radius 2 is 1.58 bits per heavy atom. The maximum Gasteiger partial charge on any atom is 0.261 e. The zero-order valence-electron chi connectivity index (χ0n) is 14.0. The first-order valence-electron chi connectivity index (χ1n) is 7.74. The summed E-state index contributed by atoms with van der Waals surface area (Å²) in [5, 5.41) is 2.92. The average molecular weight is 346 g/mol. The molecule has 0 fully saturated rings. The molecule has 2 rings (SSSR count). The fourth-order valence-electron chi connectivity index (χ4n) is 1.97. The van der Waals surface area contributed by atoms with Crippen LogP contribution in [0.15, 0.2) is 59.5 Å². The number of carbonyl (C=O) groups excluding carboxylic acids is 1. The minimum absolute atomic E-state index is 0.109. The Labute approximate surface area is 143 Å². The van der Waals surface area contributed by atoms with Gasteiger partial charge in [0.1, 0.15) is 0 Å². The van der Waals surface area contributed by atoms with E-state index in [4.69, 9.17) is 0 Å². The number of para-hydroxylation sites is 1. The van der Waals surface area contributed by atoms with Gasteiger partial charge in [-0.15, -0.1) is 0 Å². The zero-order chi connectivity index (χ0) is 17.8. The molecule has 0 aliphatic carbocycles. The Kier molecular flexibility index (Phi) is 5.29. The lowest BCUT2D eigenvalue weighted by molar-refractivity contribution is 0.0911. The van der Waals surface area contributed by atoms with Crippen molar-refractivity contribution in [2.45, 2.75) is 37.6 Å². The molecular formula is C18H22N2O3S. The van der Waals surface area contributed by atoms with Crippen LogP contribution < -0.4 is 10.0 Å². The summed E-state index contributed by atoms with van der Waals surface area (Å²) in [6, 6.07) is 14.5.